The van der Waals surface area contributed by atoms with E-state index < -0.39 is 24.1 Å². The third kappa shape index (κ3) is 3.64. The Kier molecular flexibility index (Phi) is 3.10. The first-order chi connectivity index (χ1) is 4.89. The van der Waals surface area contributed by atoms with Gasteiger partial charge in [0.15, 0.2) is 6.67 Å². The Balaban J connectivity index is 4.41. The number of hydrogen-bond donors (Lipinski definition) is 1. The average Bonchev–Trinajstić information content (AvgIpc) is 1.87. The maximum Gasteiger partial charge on any atom is 0.331 e. The number of allylic oxidation sites excluding steroid dienone is 1. The van der Waals surface area contributed by atoms with Gasteiger partial charge in [-0.25, -0.2) is 9.18 Å². The largest absolute Gasteiger partial charge is 0.478 e. The predicted octanol–water partition coefficient (Wildman–Crippen LogP) is 1.62. The van der Waals surface area contributed by atoms with Crippen molar-refractivity contribution in [1.82, 2.24) is 0 Å². The Bertz CT molecular complexity index is 186. The third-order valence-electron chi connectivity index (χ3n) is 0.943. The molecule has 0 atom stereocenters. The minimum Gasteiger partial charge on any atom is -0.478 e. The molecule has 0 aromatic rings. The molecule has 0 fully saturated rings. The summed E-state index contributed by atoms with van der Waals surface area (Å²) in [6.45, 7) is -0.899. The number of rotatable bonds is 3. The van der Waals surface area contributed by atoms with Crippen molar-refractivity contribution >= 4 is 5.97 Å². The van der Waals surface area contributed by atoms with E-state index in [0.29, 0.717) is 0 Å². The molecule has 5 heteroatoms. The van der Waals surface area contributed by atoms with Gasteiger partial charge in [0.1, 0.15) is 0 Å². The minimum absolute atomic E-state index is 0.0926. The van der Waals surface area contributed by atoms with E-state index in [-0.39, 0.29) is 6.08 Å². The first kappa shape index (κ1) is 10.0. The number of carboxylic acid groups (broad SMARTS) is 1. The quantitative estimate of drug-likeness (QED) is 0.650. The third-order valence-corrected chi connectivity index (χ3v) is 0.943. The van der Waals surface area contributed by atoms with Crippen molar-refractivity contribution in [3.05, 3.63) is 11.6 Å². The number of carbonyl (C=O) groups is 1. The highest BCUT2D eigenvalue weighted by Crippen LogP contribution is 2.17. The first-order valence-electron chi connectivity index (χ1n) is 2.75. The molecule has 2 nitrogen and oxygen atoms in total. The lowest BCUT2D eigenvalue weighted by atomic mass is 10.2. The van der Waals surface area contributed by atoms with E-state index in [2.05, 4.69) is 0 Å². The van der Waals surface area contributed by atoms with Crippen molar-refractivity contribution in [3.63, 3.8) is 0 Å². The van der Waals surface area contributed by atoms with Gasteiger partial charge in [0.05, 0.1) is 0 Å². The van der Waals surface area contributed by atoms with Crippen LogP contribution in [0.3, 0.4) is 0 Å². The van der Waals surface area contributed by atoms with Gasteiger partial charge in [-0.1, -0.05) is 0 Å². The lowest BCUT2D eigenvalue weighted by molar-refractivity contribution is -0.132. The summed E-state index contributed by atoms with van der Waals surface area (Å²) in [6.07, 6.45) is 0.0926. The summed E-state index contributed by atoms with van der Waals surface area (Å²) in [5.41, 5.74) is -0.562. The number of carboxylic acids is 1. The lowest BCUT2D eigenvalue weighted by Gasteiger charge is -2.05. The predicted molar refractivity (Wildman–Crippen MR) is 32.3 cm³/mol. The number of alkyl halides is 3. The van der Waals surface area contributed by atoms with E-state index in [1.807, 2.05) is 0 Å². The van der Waals surface area contributed by atoms with Crippen molar-refractivity contribution < 1.29 is 23.1 Å². The van der Waals surface area contributed by atoms with Crippen LogP contribution in [0.4, 0.5) is 13.2 Å². The fourth-order valence-electron chi connectivity index (χ4n) is 0.417. The van der Waals surface area contributed by atoms with E-state index >= 15 is 0 Å². The molecule has 0 spiro atoms. The van der Waals surface area contributed by atoms with Crippen molar-refractivity contribution in [1.29, 1.82) is 0 Å². The molecule has 1 N–H and O–H groups in total. The normalized spacial score (nSPS) is 13.3. The van der Waals surface area contributed by atoms with Crippen LogP contribution in [0.1, 0.15) is 6.92 Å². The van der Waals surface area contributed by atoms with Gasteiger partial charge in [-0.05, 0) is 13.0 Å². The molecule has 0 aromatic carbocycles. The molecule has 64 valence electrons. The summed E-state index contributed by atoms with van der Waals surface area (Å²) in [4.78, 5) is 9.97. The molecule has 0 amide bonds. The molecule has 0 rings (SSSR count). The highest BCUT2D eigenvalue weighted by Gasteiger charge is 2.26. The van der Waals surface area contributed by atoms with Crippen molar-refractivity contribution in [2.24, 2.45) is 0 Å². The van der Waals surface area contributed by atoms with Crippen LogP contribution in [0.15, 0.2) is 11.6 Å². The Hall–Kier alpha value is -1.00. The highest BCUT2D eigenvalue weighted by atomic mass is 19.3. The van der Waals surface area contributed by atoms with Crippen molar-refractivity contribution in [3.8, 4) is 0 Å². The molecule has 0 unspecified atom stereocenters. The maximum atomic E-state index is 12.0. The van der Waals surface area contributed by atoms with Gasteiger partial charge in [0.2, 0.25) is 0 Å². The summed E-state index contributed by atoms with van der Waals surface area (Å²) in [5, 5.41) is 8.12. The first-order valence-corrected chi connectivity index (χ1v) is 2.75. The summed E-state index contributed by atoms with van der Waals surface area (Å²) in [6, 6.07) is 0. The lowest BCUT2D eigenvalue weighted by Crippen LogP contribution is -2.16. The van der Waals surface area contributed by atoms with Crippen molar-refractivity contribution in [2.75, 3.05) is 6.67 Å². The molecular weight excluding hydrogens is 161 g/mol. The summed E-state index contributed by atoms with van der Waals surface area (Å²) < 4.78 is 35.5. The molecule has 0 aliphatic carbocycles. The van der Waals surface area contributed by atoms with E-state index in [1.165, 1.54) is 0 Å². The van der Waals surface area contributed by atoms with Crippen LogP contribution >= 0.6 is 0 Å². The molecule has 0 heterocycles. The SMILES string of the molecule is CC(=CC(F)(F)CF)C(=O)O. The highest BCUT2D eigenvalue weighted by molar-refractivity contribution is 5.85. The Morgan fingerprint density at radius 2 is 2.09 bits per heavy atom. The molecule has 0 aromatic heterocycles. The molecular formula is C6H7F3O2. The van der Waals surface area contributed by atoms with Gasteiger partial charge in [-0.15, -0.1) is 0 Å². The zero-order chi connectivity index (χ0) is 9.07. The van der Waals surface area contributed by atoms with Crippen LogP contribution in [0.25, 0.3) is 0 Å². The molecule has 0 aliphatic heterocycles. The van der Waals surface area contributed by atoms with Gasteiger partial charge in [0.25, 0.3) is 5.92 Å². The monoisotopic (exact) mass is 168 g/mol. The van der Waals surface area contributed by atoms with Crippen LogP contribution in [-0.2, 0) is 4.79 Å². The van der Waals surface area contributed by atoms with Crippen LogP contribution in [0, 0.1) is 0 Å². The fourth-order valence-corrected chi connectivity index (χ4v) is 0.417. The van der Waals surface area contributed by atoms with Gasteiger partial charge < -0.3 is 5.11 Å². The second-order valence-electron chi connectivity index (χ2n) is 2.03. The zero-order valence-electron chi connectivity index (χ0n) is 5.77. The molecule has 0 saturated heterocycles. The standard InChI is InChI=1S/C6H7F3O2/c1-4(5(10)11)2-6(8,9)3-7/h2H,3H2,1H3,(H,10,11). The Labute approximate surface area is 61.3 Å². The number of halogens is 3. The topological polar surface area (TPSA) is 37.3 Å². The van der Waals surface area contributed by atoms with Crippen LogP contribution < -0.4 is 0 Å². The van der Waals surface area contributed by atoms with Crippen LogP contribution in [-0.4, -0.2) is 23.7 Å². The van der Waals surface area contributed by atoms with E-state index in [9.17, 15) is 18.0 Å². The number of aliphatic carboxylic acids is 1. The second kappa shape index (κ2) is 3.41. The van der Waals surface area contributed by atoms with E-state index in [0.717, 1.165) is 6.92 Å². The summed E-state index contributed by atoms with van der Waals surface area (Å²) in [7, 11) is 0. The zero-order valence-corrected chi connectivity index (χ0v) is 5.77. The van der Waals surface area contributed by atoms with Gasteiger partial charge >= 0.3 is 5.97 Å². The van der Waals surface area contributed by atoms with Gasteiger partial charge in [-0.3, -0.25) is 0 Å². The van der Waals surface area contributed by atoms with Gasteiger partial charge in [-0.2, -0.15) is 8.78 Å². The molecule has 0 radical (unpaired) electrons. The molecule has 11 heavy (non-hydrogen) atoms. The summed E-state index contributed by atoms with van der Waals surface area (Å²) >= 11 is 0. The average molecular weight is 168 g/mol. The maximum absolute atomic E-state index is 12.0. The molecule has 0 saturated carbocycles. The van der Waals surface area contributed by atoms with Crippen LogP contribution in [0.5, 0.6) is 0 Å². The Morgan fingerprint density at radius 3 is 2.36 bits per heavy atom. The second-order valence-corrected chi connectivity index (χ2v) is 2.03. The van der Waals surface area contributed by atoms with E-state index in [1.54, 1.807) is 0 Å². The molecule has 0 aliphatic rings. The van der Waals surface area contributed by atoms with Crippen molar-refractivity contribution in [2.45, 2.75) is 12.8 Å². The number of hydrogen-bond acceptors (Lipinski definition) is 1. The minimum atomic E-state index is -3.66. The fraction of sp³-hybridized carbons (Fsp3) is 0.500. The summed E-state index contributed by atoms with van der Waals surface area (Å²) in [5.74, 6) is -5.14. The van der Waals surface area contributed by atoms with Crippen LogP contribution in [0.2, 0.25) is 0 Å². The Morgan fingerprint density at radius 1 is 1.64 bits per heavy atom. The molecule has 0 bridgehead atoms. The van der Waals surface area contributed by atoms with Gasteiger partial charge in [0, 0.05) is 5.57 Å². The smallest absolute Gasteiger partial charge is 0.331 e. The van der Waals surface area contributed by atoms with E-state index in [4.69, 9.17) is 5.11 Å².